The molecule has 174 valence electrons. The molecule has 34 heavy (non-hydrogen) atoms. The Labute approximate surface area is 202 Å². The normalized spacial score (nSPS) is 17.5. The monoisotopic (exact) mass is 479 g/mol. The van der Waals surface area contributed by atoms with Crippen LogP contribution in [0.1, 0.15) is 42.5 Å². The summed E-state index contributed by atoms with van der Waals surface area (Å²) in [6.45, 7) is 3.95. The second-order valence-electron chi connectivity index (χ2n) is 8.28. The molecule has 1 amide bonds. The minimum atomic E-state index is -1.16. The number of aliphatic hydroxyl groups excluding tert-OH is 1. The van der Waals surface area contributed by atoms with E-state index in [1.54, 1.807) is 55.6 Å². The van der Waals surface area contributed by atoms with Crippen molar-refractivity contribution in [1.29, 1.82) is 0 Å². The highest BCUT2D eigenvalue weighted by Gasteiger charge is 2.47. The minimum Gasteiger partial charge on any atom is -0.507 e. The number of Topliss-reactive ketones (excluding diaryl/α,β-unsaturated/α-hetero) is 1. The van der Waals surface area contributed by atoms with E-state index in [9.17, 15) is 19.1 Å². The van der Waals surface area contributed by atoms with Crippen molar-refractivity contribution in [1.82, 2.24) is 0 Å². The van der Waals surface area contributed by atoms with E-state index >= 15 is 0 Å². The van der Waals surface area contributed by atoms with E-state index in [-0.39, 0.29) is 22.8 Å². The van der Waals surface area contributed by atoms with Crippen molar-refractivity contribution in [3.63, 3.8) is 0 Å². The maximum absolute atomic E-state index is 15.0. The molecule has 1 aliphatic heterocycles. The zero-order valence-corrected chi connectivity index (χ0v) is 19.6. The van der Waals surface area contributed by atoms with Gasteiger partial charge in [0, 0.05) is 21.8 Å². The molecule has 3 aromatic rings. The standard InChI is InChI=1S/C27H23ClFNO4/c1-15(2)20-14-16(8-13-22(20)34-3)25(31)23-24(19-6-4-5-7-21(19)29)30(27(33)26(23)32)18-11-9-17(28)10-12-18/h4-15,24,31H,1-3H3/b25-23+. The zero-order valence-electron chi connectivity index (χ0n) is 18.9. The second kappa shape index (κ2) is 9.31. The van der Waals surface area contributed by atoms with Gasteiger partial charge in [0.05, 0.1) is 18.7 Å². The lowest BCUT2D eigenvalue weighted by molar-refractivity contribution is -0.132. The van der Waals surface area contributed by atoms with Crippen LogP contribution in [0.4, 0.5) is 10.1 Å². The SMILES string of the molecule is COc1ccc(/C(O)=C2\C(=O)C(=O)N(c3ccc(Cl)cc3)C2c2ccccc2F)cc1C(C)C. The predicted molar refractivity (Wildman–Crippen MR) is 130 cm³/mol. The fourth-order valence-electron chi connectivity index (χ4n) is 4.18. The predicted octanol–water partition coefficient (Wildman–Crippen LogP) is 6.24. The van der Waals surface area contributed by atoms with Crippen LogP contribution in [0, 0.1) is 5.82 Å². The molecule has 1 unspecified atom stereocenters. The third-order valence-corrected chi connectivity index (χ3v) is 6.13. The molecule has 1 atom stereocenters. The van der Waals surface area contributed by atoms with E-state index in [4.69, 9.17) is 16.3 Å². The first-order valence-corrected chi connectivity index (χ1v) is 11.1. The number of benzene rings is 3. The number of aliphatic hydroxyl groups is 1. The number of nitrogens with zero attached hydrogens (tertiary/aromatic N) is 1. The molecule has 0 spiro atoms. The average molecular weight is 480 g/mol. The second-order valence-corrected chi connectivity index (χ2v) is 8.71. The molecule has 0 bridgehead atoms. The largest absolute Gasteiger partial charge is 0.507 e. The first-order chi connectivity index (χ1) is 16.2. The lowest BCUT2D eigenvalue weighted by atomic mass is 9.93. The number of carbonyl (C=O) groups excluding carboxylic acids is 2. The zero-order chi connectivity index (χ0) is 24.6. The molecule has 4 rings (SSSR count). The van der Waals surface area contributed by atoms with Gasteiger partial charge in [-0.15, -0.1) is 0 Å². The van der Waals surface area contributed by atoms with Crippen LogP contribution < -0.4 is 9.64 Å². The van der Waals surface area contributed by atoms with Gasteiger partial charge in [-0.05, 0) is 60.0 Å². The van der Waals surface area contributed by atoms with Crippen molar-refractivity contribution < 1.29 is 23.8 Å². The van der Waals surface area contributed by atoms with Crippen LogP contribution in [0.15, 0.2) is 72.3 Å². The highest BCUT2D eigenvalue weighted by molar-refractivity contribution is 6.51. The lowest BCUT2D eigenvalue weighted by Gasteiger charge is -2.26. The van der Waals surface area contributed by atoms with E-state index < -0.39 is 23.5 Å². The van der Waals surface area contributed by atoms with Crippen LogP contribution in [0.3, 0.4) is 0 Å². The summed E-state index contributed by atoms with van der Waals surface area (Å²) in [6, 6.07) is 16.0. The number of carbonyl (C=O) groups is 2. The van der Waals surface area contributed by atoms with Crippen LogP contribution in [0.25, 0.3) is 5.76 Å². The van der Waals surface area contributed by atoms with Gasteiger partial charge < -0.3 is 9.84 Å². The first-order valence-electron chi connectivity index (χ1n) is 10.7. The number of halogens is 2. The highest BCUT2D eigenvalue weighted by Crippen LogP contribution is 2.43. The summed E-state index contributed by atoms with van der Waals surface area (Å²) in [4.78, 5) is 27.6. The Bertz CT molecular complexity index is 1300. The molecule has 0 radical (unpaired) electrons. The smallest absolute Gasteiger partial charge is 0.300 e. The number of anilines is 1. The summed E-state index contributed by atoms with van der Waals surface area (Å²) < 4.78 is 20.4. The molecule has 5 nitrogen and oxygen atoms in total. The molecular weight excluding hydrogens is 457 g/mol. The summed E-state index contributed by atoms with van der Waals surface area (Å²) in [5, 5.41) is 11.8. The Morgan fingerprint density at radius 1 is 1.06 bits per heavy atom. The number of hydrogen-bond acceptors (Lipinski definition) is 4. The van der Waals surface area contributed by atoms with Gasteiger partial charge >= 0.3 is 0 Å². The first kappa shape index (κ1) is 23.5. The Kier molecular flexibility index (Phi) is 6.44. The number of ketones is 1. The quantitative estimate of drug-likeness (QED) is 0.267. The summed E-state index contributed by atoms with van der Waals surface area (Å²) >= 11 is 6.00. The Balaban J connectivity index is 1.96. The van der Waals surface area contributed by atoms with Gasteiger partial charge in [0.15, 0.2) is 0 Å². The number of rotatable bonds is 5. The van der Waals surface area contributed by atoms with E-state index in [2.05, 4.69) is 0 Å². The van der Waals surface area contributed by atoms with Crippen LogP contribution in [0.2, 0.25) is 5.02 Å². The summed E-state index contributed by atoms with van der Waals surface area (Å²) in [6.07, 6.45) is 0. The molecule has 0 saturated carbocycles. The topological polar surface area (TPSA) is 66.8 Å². The van der Waals surface area contributed by atoms with Crippen molar-refractivity contribution in [2.75, 3.05) is 12.0 Å². The van der Waals surface area contributed by atoms with Crippen molar-refractivity contribution in [3.8, 4) is 5.75 Å². The maximum atomic E-state index is 15.0. The van der Waals surface area contributed by atoms with Gasteiger partial charge in [-0.3, -0.25) is 14.5 Å². The summed E-state index contributed by atoms with van der Waals surface area (Å²) in [5.41, 5.74) is 1.41. The number of amides is 1. The molecule has 1 N–H and O–H groups in total. The van der Waals surface area contributed by atoms with Gasteiger partial charge in [-0.2, -0.15) is 0 Å². The van der Waals surface area contributed by atoms with Crippen molar-refractivity contribution in [2.24, 2.45) is 0 Å². The van der Waals surface area contributed by atoms with Crippen LogP contribution in [-0.4, -0.2) is 23.9 Å². The van der Waals surface area contributed by atoms with E-state index in [0.717, 1.165) is 5.56 Å². The third kappa shape index (κ3) is 4.05. The van der Waals surface area contributed by atoms with Crippen LogP contribution in [0.5, 0.6) is 5.75 Å². The van der Waals surface area contributed by atoms with Crippen molar-refractivity contribution in [2.45, 2.75) is 25.8 Å². The molecule has 3 aromatic carbocycles. The van der Waals surface area contributed by atoms with E-state index in [1.165, 1.54) is 23.1 Å². The molecule has 1 fully saturated rings. The van der Waals surface area contributed by atoms with E-state index in [1.807, 2.05) is 13.8 Å². The average Bonchev–Trinajstić information content (AvgIpc) is 3.09. The molecule has 0 aliphatic carbocycles. The Hall–Kier alpha value is -3.64. The van der Waals surface area contributed by atoms with Crippen LogP contribution >= 0.6 is 11.6 Å². The van der Waals surface area contributed by atoms with Crippen LogP contribution in [-0.2, 0) is 9.59 Å². The maximum Gasteiger partial charge on any atom is 0.300 e. The minimum absolute atomic E-state index is 0.0709. The molecule has 1 heterocycles. The summed E-state index contributed by atoms with van der Waals surface area (Å²) in [7, 11) is 1.55. The van der Waals surface area contributed by atoms with Gasteiger partial charge in [-0.25, -0.2) is 4.39 Å². The van der Waals surface area contributed by atoms with Gasteiger partial charge in [0.25, 0.3) is 11.7 Å². The molecule has 0 aromatic heterocycles. The molecule has 1 aliphatic rings. The van der Waals surface area contributed by atoms with Crippen molar-refractivity contribution in [3.05, 3.63) is 99.8 Å². The summed E-state index contributed by atoms with van der Waals surface area (Å²) in [5.74, 6) is -2.04. The number of methoxy groups -OCH3 is 1. The third-order valence-electron chi connectivity index (χ3n) is 5.87. The molecule has 1 saturated heterocycles. The van der Waals surface area contributed by atoms with Gasteiger partial charge in [-0.1, -0.05) is 43.6 Å². The Morgan fingerprint density at radius 2 is 1.74 bits per heavy atom. The van der Waals surface area contributed by atoms with Gasteiger partial charge in [0.2, 0.25) is 0 Å². The lowest BCUT2D eigenvalue weighted by Crippen LogP contribution is -2.29. The number of hydrogen-bond donors (Lipinski definition) is 1. The molecule has 7 heteroatoms. The fourth-order valence-corrected chi connectivity index (χ4v) is 4.31. The Morgan fingerprint density at radius 3 is 2.35 bits per heavy atom. The number of ether oxygens (including phenoxy) is 1. The molecular formula is C27H23ClFNO4. The van der Waals surface area contributed by atoms with E-state index in [0.29, 0.717) is 22.0 Å². The fraction of sp³-hybridized carbons (Fsp3) is 0.185. The van der Waals surface area contributed by atoms with Crippen molar-refractivity contribution >= 4 is 34.7 Å². The highest BCUT2D eigenvalue weighted by atomic mass is 35.5. The van der Waals surface area contributed by atoms with Gasteiger partial charge in [0.1, 0.15) is 17.3 Å².